The van der Waals surface area contributed by atoms with Gasteiger partial charge in [0.05, 0.1) is 18.7 Å². The standard InChI is InChI=1S/C16H28N3O4PS2/c1-3-23-24(22,4-2)26-10-9-17-14(20)8-6-5-7-13-15-12(11-25-13)18-16(21)19-15/h4,12-13,15H,2-3,5-11H2,1H3,(H,17,20)(H2,18,19,21)/t12-,13-,15-,24?/m0/s1. The number of carbonyl (C=O) groups is 2. The molecule has 7 nitrogen and oxygen atoms in total. The number of hydrogen-bond acceptors (Lipinski definition) is 6. The van der Waals surface area contributed by atoms with Gasteiger partial charge in [-0.1, -0.05) is 24.4 Å². The third-order valence-corrected chi connectivity index (χ3v) is 10.0. The van der Waals surface area contributed by atoms with Gasteiger partial charge in [-0.25, -0.2) is 4.79 Å². The van der Waals surface area contributed by atoms with Crippen LogP contribution in [0.1, 0.15) is 32.6 Å². The molecule has 0 saturated carbocycles. The molecule has 10 heteroatoms. The Labute approximate surface area is 163 Å². The van der Waals surface area contributed by atoms with Crippen molar-refractivity contribution in [3.05, 3.63) is 12.4 Å². The molecule has 2 aliphatic heterocycles. The quantitative estimate of drug-likeness (QED) is 0.255. The van der Waals surface area contributed by atoms with Crippen molar-refractivity contribution in [2.75, 3.05) is 24.7 Å². The van der Waals surface area contributed by atoms with E-state index in [2.05, 4.69) is 22.5 Å². The van der Waals surface area contributed by atoms with Crippen LogP contribution in [0.15, 0.2) is 12.4 Å². The Bertz CT molecular complexity index is 564. The largest absolute Gasteiger partial charge is 0.355 e. The summed E-state index contributed by atoms with van der Waals surface area (Å²) in [6.07, 6.45) is 3.30. The molecular weight excluding hydrogens is 393 g/mol. The molecular formula is C16H28N3O4PS2. The highest BCUT2D eigenvalue weighted by Crippen LogP contribution is 2.60. The smallest absolute Gasteiger partial charge is 0.315 e. The maximum atomic E-state index is 12.1. The van der Waals surface area contributed by atoms with Crippen LogP contribution in [-0.4, -0.2) is 53.9 Å². The van der Waals surface area contributed by atoms with Gasteiger partial charge in [0.25, 0.3) is 6.57 Å². The first-order valence-electron chi connectivity index (χ1n) is 8.95. The van der Waals surface area contributed by atoms with Gasteiger partial charge in [-0.15, -0.1) is 0 Å². The van der Waals surface area contributed by atoms with Crippen LogP contribution in [0.4, 0.5) is 4.79 Å². The van der Waals surface area contributed by atoms with Crippen molar-refractivity contribution < 1.29 is 18.7 Å². The zero-order valence-electron chi connectivity index (χ0n) is 15.1. The second-order valence-electron chi connectivity index (χ2n) is 6.19. The minimum Gasteiger partial charge on any atom is -0.355 e. The molecule has 0 spiro atoms. The molecule has 26 heavy (non-hydrogen) atoms. The van der Waals surface area contributed by atoms with E-state index >= 15 is 0 Å². The van der Waals surface area contributed by atoms with E-state index in [4.69, 9.17) is 4.52 Å². The van der Waals surface area contributed by atoms with Crippen LogP contribution in [0, 0.1) is 0 Å². The van der Waals surface area contributed by atoms with E-state index in [0.29, 0.717) is 30.6 Å². The fourth-order valence-corrected chi connectivity index (χ4v) is 7.58. The summed E-state index contributed by atoms with van der Waals surface area (Å²) in [4.78, 5) is 23.2. The Balaban J connectivity index is 1.52. The van der Waals surface area contributed by atoms with E-state index in [1.165, 1.54) is 17.2 Å². The number of fused-ring (bicyclic) bond motifs is 1. The van der Waals surface area contributed by atoms with E-state index < -0.39 is 6.57 Å². The van der Waals surface area contributed by atoms with Crippen molar-refractivity contribution in [2.45, 2.75) is 49.9 Å². The van der Waals surface area contributed by atoms with Crippen molar-refractivity contribution in [3.63, 3.8) is 0 Å². The molecule has 0 bridgehead atoms. The maximum absolute atomic E-state index is 12.1. The highest BCUT2D eigenvalue weighted by molar-refractivity contribution is 8.57. The second-order valence-corrected chi connectivity index (χ2v) is 12.1. The third kappa shape index (κ3) is 6.51. The Kier molecular flexibility index (Phi) is 8.87. The van der Waals surface area contributed by atoms with Crippen molar-refractivity contribution in [3.8, 4) is 0 Å². The minimum atomic E-state index is -2.82. The van der Waals surface area contributed by atoms with Gasteiger partial charge < -0.3 is 20.5 Å². The van der Waals surface area contributed by atoms with E-state index in [0.717, 1.165) is 25.0 Å². The summed E-state index contributed by atoms with van der Waals surface area (Å²) in [5.74, 6) is 2.87. The molecule has 148 valence electrons. The summed E-state index contributed by atoms with van der Waals surface area (Å²) in [7, 11) is 0. The fraction of sp³-hybridized carbons (Fsp3) is 0.750. The number of urea groups is 1. The average Bonchev–Trinajstić information content (AvgIpc) is 3.15. The number of thioether (sulfide) groups is 1. The highest BCUT2D eigenvalue weighted by atomic mass is 32.7. The lowest BCUT2D eigenvalue weighted by Crippen LogP contribution is -2.36. The van der Waals surface area contributed by atoms with Crippen LogP contribution >= 0.6 is 29.7 Å². The summed E-state index contributed by atoms with van der Waals surface area (Å²) < 4.78 is 17.3. The lowest BCUT2D eigenvalue weighted by molar-refractivity contribution is -0.121. The molecule has 3 amide bonds. The van der Waals surface area contributed by atoms with Crippen molar-refractivity contribution >= 4 is 41.7 Å². The van der Waals surface area contributed by atoms with E-state index in [-0.39, 0.29) is 24.0 Å². The molecule has 2 saturated heterocycles. The number of carbonyl (C=O) groups excluding carboxylic acids is 2. The molecule has 0 aliphatic carbocycles. The van der Waals surface area contributed by atoms with Crippen molar-refractivity contribution in [2.24, 2.45) is 0 Å². The van der Waals surface area contributed by atoms with Gasteiger partial charge >= 0.3 is 6.03 Å². The number of nitrogens with one attached hydrogen (secondary N) is 3. The molecule has 4 atom stereocenters. The molecule has 2 heterocycles. The lowest BCUT2D eigenvalue weighted by atomic mass is 10.0. The molecule has 0 aromatic heterocycles. The SMILES string of the molecule is C=CP(=O)(OCC)SCCNC(=O)CCCC[C@@H]1SC[C@@H]2NC(=O)N[C@@H]21. The van der Waals surface area contributed by atoms with E-state index in [1.54, 1.807) is 6.92 Å². The Morgan fingerprint density at radius 1 is 1.50 bits per heavy atom. The maximum Gasteiger partial charge on any atom is 0.315 e. The summed E-state index contributed by atoms with van der Waals surface area (Å²) >= 11 is 3.10. The summed E-state index contributed by atoms with van der Waals surface area (Å²) in [5, 5.41) is 9.20. The topological polar surface area (TPSA) is 96.5 Å². The Morgan fingerprint density at radius 2 is 2.31 bits per heavy atom. The molecule has 0 aromatic carbocycles. The second kappa shape index (κ2) is 10.6. The number of rotatable bonds is 12. The van der Waals surface area contributed by atoms with Crippen LogP contribution in [-0.2, 0) is 13.9 Å². The third-order valence-electron chi connectivity index (χ3n) is 4.31. The summed E-state index contributed by atoms with van der Waals surface area (Å²) in [6.45, 7) is 3.36. The zero-order valence-corrected chi connectivity index (χ0v) is 17.6. The molecule has 1 unspecified atom stereocenters. The van der Waals surface area contributed by atoms with Crippen LogP contribution in [0.5, 0.6) is 0 Å². The summed E-state index contributed by atoms with van der Waals surface area (Å²) in [5.41, 5.74) is 0. The van der Waals surface area contributed by atoms with Crippen LogP contribution in [0.3, 0.4) is 0 Å². The number of hydrogen-bond donors (Lipinski definition) is 3. The predicted molar refractivity (Wildman–Crippen MR) is 109 cm³/mol. The first-order valence-corrected chi connectivity index (χ1v) is 13.3. The molecule has 3 N–H and O–H groups in total. The summed E-state index contributed by atoms with van der Waals surface area (Å²) in [6, 6.07) is 0.415. The normalized spacial score (nSPS) is 26.5. The molecule has 0 aromatic rings. The lowest BCUT2D eigenvalue weighted by Gasteiger charge is -2.16. The molecule has 2 fully saturated rings. The van der Waals surface area contributed by atoms with Gasteiger partial charge in [0.1, 0.15) is 0 Å². The molecule has 2 aliphatic rings. The van der Waals surface area contributed by atoms with Crippen molar-refractivity contribution in [1.29, 1.82) is 0 Å². The predicted octanol–water partition coefficient (Wildman–Crippen LogP) is 2.93. The van der Waals surface area contributed by atoms with E-state index in [9.17, 15) is 14.2 Å². The van der Waals surface area contributed by atoms with Crippen LogP contribution in [0.25, 0.3) is 0 Å². The minimum absolute atomic E-state index is 0.0169. The first-order chi connectivity index (χ1) is 12.5. The van der Waals surface area contributed by atoms with Gasteiger partial charge in [-0.3, -0.25) is 9.36 Å². The average molecular weight is 422 g/mol. The van der Waals surface area contributed by atoms with Crippen LogP contribution in [0.2, 0.25) is 0 Å². The Morgan fingerprint density at radius 3 is 3.04 bits per heavy atom. The van der Waals surface area contributed by atoms with Gasteiger partial charge in [-0.05, 0) is 19.8 Å². The van der Waals surface area contributed by atoms with Gasteiger partial charge in [0.15, 0.2) is 0 Å². The zero-order chi connectivity index (χ0) is 19.0. The monoisotopic (exact) mass is 421 g/mol. The fourth-order valence-electron chi connectivity index (χ4n) is 3.05. The van der Waals surface area contributed by atoms with Crippen LogP contribution < -0.4 is 16.0 Å². The van der Waals surface area contributed by atoms with E-state index in [1.807, 2.05) is 11.8 Å². The highest BCUT2D eigenvalue weighted by Gasteiger charge is 2.42. The van der Waals surface area contributed by atoms with Gasteiger partial charge in [0, 0.05) is 35.5 Å². The number of unbranched alkanes of at least 4 members (excludes halogenated alkanes) is 1. The van der Waals surface area contributed by atoms with Crippen molar-refractivity contribution in [1.82, 2.24) is 16.0 Å². The number of amides is 3. The Hall–Kier alpha value is -0.630. The van der Waals surface area contributed by atoms with Gasteiger partial charge in [0.2, 0.25) is 5.91 Å². The molecule has 2 rings (SSSR count). The first kappa shape index (κ1) is 21.7. The van der Waals surface area contributed by atoms with Gasteiger partial charge in [-0.2, -0.15) is 11.8 Å². The molecule has 0 radical (unpaired) electrons.